The van der Waals surface area contributed by atoms with Crippen molar-refractivity contribution in [1.82, 2.24) is 15.2 Å². The molecule has 0 amide bonds. The van der Waals surface area contributed by atoms with Crippen molar-refractivity contribution in [2.24, 2.45) is 0 Å². The Kier molecular flexibility index (Phi) is 4.79. The molecule has 3 rings (SSSR count). The molecule has 2 heterocycles. The molecule has 23 heavy (non-hydrogen) atoms. The number of halogens is 1. The highest BCUT2D eigenvalue weighted by molar-refractivity contribution is 9.10. The predicted octanol–water partition coefficient (Wildman–Crippen LogP) is 3.45. The Morgan fingerprint density at radius 1 is 1.35 bits per heavy atom. The molecule has 116 valence electrons. The molecule has 0 bridgehead atoms. The molecule has 1 aromatic carbocycles. The van der Waals surface area contributed by atoms with E-state index in [1.165, 1.54) is 0 Å². The molecule has 6 nitrogen and oxygen atoms in total. The Morgan fingerprint density at radius 2 is 2.17 bits per heavy atom. The van der Waals surface area contributed by atoms with Gasteiger partial charge in [0, 0.05) is 17.3 Å². The minimum Gasteiger partial charge on any atom is -0.424 e. The second-order valence-corrected chi connectivity index (χ2v) is 6.80. The summed E-state index contributed by atoms with van der Waals surface area (Å²) in [5, 5.41) is 17.2. The van der Waals surface area contributed by atoms with Crippen LogP contribution in [-0.4, -0.2) is 21.0 Å². The summed E-state index contributed by atoms with van der Waals surface area (Å²) in [6.45, 7) is 0. The Balaban J connectivity index is 1.69. The van der Waals surface area contributed by atoms with Gasteiger partial charge in [0.2, 0.25) is 11.8 Å². The molecule has 0 saturated carbocycles. The van der Waals surface area contributed by atoms with Crippen molar-refractivity contribution in [1.29, 1.82) is 5.26 Å². The van der Waals surface area contributed by atoms with Gasteiger partial charge in [-0.3, -0.25) is 4.79 Å². The summed E-state index contributed by atoms with van der Waals surface area (Å²) in [7, 11) is 0. The van der Waals surface area contributed by atoms with Crippen LogP contribution in [0, 0.1) is 11.3 Å². The van der Waals surface area contributed by atoms with Gasteiger partial charge in [-0.2, -0.15) is 5.26 Å². The highest BCUT2D eigenvalue weighted by atomic mass is 79.9. The molecular weight excluding hydrogens is 380 g/mol. The van der Waals surface area contributed by atoms with Crippen molar-refractivity contribution in [3.05, 3.63) is 39.5 Å². The van der Waals surface area contributed by atoms with Crippen LogP contribution >= 0.6 is 27.3 Å². The van der Waals surface area contributed by atoms with Crippen LogP contribution < -0.4 is 0 Å². The number of ketones is 1. The highest BCUT2D eigenvalue weighted by Gasteiger charge is 2.14. The Bertz CT molecular complexity index is 896. The predicted molar refractivity (Wildman–Crippen MR) is 88.0 cm³/mol. The van der Waals surface area contributed by atoms with Crippen molar-refractivity contribution in [2.45, 2.75) is 25.7 Å². The number of hydrogen-bond donors (Lipinski definition) is 0. The van der Waals surface area contributed by atoms with Crippen LogP contribution in [0.4, 0.5) is 0 Å². The lowest BCUT2D eigenvalue weighted by atomic mass is 10.2. The standard InChI is InChI=1S/C15H11BrN4O2S/c16-10-4-1-5-11-15(10)18-14(23-11)8-13-20-19-12(22-13)7-9(21)3-2-6-17/h1,4-5H,2-3,7-8H2. The number of thiazole rings is 1. The van der Waals surface area contributed by atoms with Crippen LogP contribution in [0.25, 0.3) is 10.2 Å². The van der Waals surface area contributed by atoms with Gasteiger partial charge in [-0.05, 0) is 28.1 Å². The number of para-hydroxylation sites is 1. The van der Waals surface area contributed by atoms with E-state index in [-0.39, 0.29) is 30.9 Å². The largest absolute Gasteiger partial charge is 0.424 e. The van der Waals surface area contributed by atoms with Crippen LogP contribution in [0.2, 0.25) is 0 Å². The normalized spacial score (nSPS) is 10.8. The number of benzene rings is 1. The van der Waals surface area contributed by atoms with E-state index in [1.54, 1.807) is 11.3 Å². The summed E-state index contributed by atoms with van der Waals surface area (Å²) in [5.41, 5.74) is 0.916. The number of nitriles is 1. The van der Waals surface area contributed by atoms with Gasteiger partial charge in [-0.15, -0.1) is 21.5 Å². The molecule has 0 fully saturated rings. The van der Waals surface area contributed by atoms with E-state index in [9.17, 15) is 4.79 Å². The molecular formula is C15H11BrN4O2S. The summed E-state index contributed by atoms with van der Waals surface area (Å²) < 4.78 is 7.53. The maximum Gasteiger partial charge on any atom is 0.223 e. The lowest BCUT2D eigenvalue weighted by Crippen LogP contribution is -2.02. The second-order valence-electron chi connectivity index (χ2n) is 4.83. The molecule has 0 aliphatic heterocycles. The number of Topliss-reactive ketones (excluding diaryl/α,β-unsaturated/α-hetero) is 1. The fourth-order valence-corrected chi connectivity index (χ4v) is 3.62. The van der Waals surface area contributed by atoms with Gasteiger partial charge in [0.15, 0.2) is 0 Å². The molecule has 0 saturated heterocycles. The summed E-state index contributed by atoms with van der Waals surface area (Å²) in [5.74, 6) is 0.638. The molecule has 0 spiro atoms. The highest BCUT2D eigenvalue weighted by Crippen LogP contribution is 2.29. The van der Waals surface area contributed by atoms with E-state index in [2.05, 4.69) is 31.1 Å². The molecule has 0 unspecified atom stereocenters. The zero-order valence-corrected chi connectivity index (χ0v) is 14.4. The molecule has 8 heteroatoms. The molecule has 0 aliphatic carbocycles. The lowest BCUT2D eigenvalue weighted by molar-refractivity contribution is -0.118. The first-order valence-corrected chi connectivity index (χ1v) is 8.50. The van der Waals surface area contributed by atoms with Gasteiger partial charge in [0.25, 0.3) is 0 Å². The molecule has 2 aromatic heterocycles. The van der Waals surface area contributed by atoms with Gasteiger partial charge in [0.1, 0.15) is 10.8 Å². The summed E-state index contributed by atoms with van der Waals surface area (Å²) in [6, 6.07) is 7.86. The van der Waals surface area contributed by atoms with E-state index in [4.69, 9.17) is 9.68 Å². The fourth-order valence-electron chi connectivity index (χ4n) is 2.05. The van der Waals surface area contributed by atoms with E-state index in [0.29, 0.717) is 12.3 Å². The molecule has 0 N–H and O–H groups in total. The minimum absolute atomic E-state index is 0.0695. The summed E-state index contributed by atoms with van der Waals surface area (Å²) in [4.78, 5) is 16.2. The van der Waals surface area contributed by atoms with Crippen LogP contribution in [-0.2, 0) is 17.6 Å². The van der Waals surface area contributed by atoms with Gasteiger partial charge < -0.3 is 4.42 Å². The molecule has 0 radical (unpaired) electrons. The van der Waals surface area contributed by atoms with Gasteiger partial charge in [0.05, 0.1) is 29.1 Å². The number of nitrogens with zero attached hydrogens (tertiary/aromatic N) is 4. The Labute approximate surface area is 144 Å². The number of rotatable bonds is 6. The summed E-state index contributed by atoms with van der Waals surface area (Å²) in [6.07, 6.45) is 0.922. The minimum atomic E-state index is -0.0781. The first-order chi connectivity index (χ1) is 11.2. The van der Waals surface area contributed by atoms with Gasteiger partial charge in [-0.25, -0.2) is 4.98 Å². The third-order valence-corrected chi connectivity index (χ3v) is 4.75. The maximum atomic E-state index is 11.6. The fraction of sp³-hybridized carbons (Fsp3) is 0.267. The Hall–Kier alpha value is -2.11. The van der Waals surface area contributed by atoms with Crippen molar-refractivity contribution >= 4 is 43.3 Å². The SMILES string of the molecule is N#CCCC(=O)Cc1nnc(Cc2nc3c(Br)cccc3s2)o1. The van der Waals surface area contributed by atoms with Crippen LogP contribution in [0.3, 0.4) is 0 Å². The zero-order chi connectivity index (χ0) is 16.2. The van der Waals surface area contributed by atoms with Crippen LogP contribution in [0.15, 0.2) is 27.1 Å². The van der Waals surface area contributed by atoms with E-state index in [1.807, 2.05) is 24.3 Å². The quantitative estimate of drug-likeness (QED) is 0.639. The van der Waals surface area contributed by atoms with Gasteiger partial charge >= 0.3 is 0 Å². The number of carbonyl (C=O) groups is 1. The smallest absolute Gasteiger partial charge is 0.223 e. The van der Waals surface area contributed by atoms with Crippen LogP contribution in [0.1, 0.15) is 29.6 Å². The van der Waals surface area contributed by atoms with E-state index in [0.717, 1.165) is 19.7 Å². The van der Waals surface area contributed by atoms with Crippen molar-refractivity contribution in [3.63, 3.8) is 0 Å². The zero-order valence-electron chi connectivity index (χ0n) is 12.0. The van der Waals surface area contributed by atoms with Crippen LogP contribution in [0.5, 0.6) is 0 Å². The number of hydrogen-bond acceptors (Lipinski definition) is 7. The number of fused-ring (bicyclic) bond motifs is 1. The lowest BCUT2D eigenvalue weighted by Gasteiger charge is -1.92. The number of aromatic nitrogens is 3. The first kappa shape index (κ1) is 15.8. The van der Waals surface area contributed by atoms with E-state index >= 15 is 0 Å². The van der Waals surface area contributed by atoms with E-state index < -0.39 is 0 Å². The Morgan fingerprint density at radius 3 is 2.96 bits per heavy atom. The monoisotopic (exact) mass is 390 g/mol. The molecule has 0 aliphatic rings. The average molecular weight is 391 g/mol. The summed E-state index contributed by atoms with van der Waals surface area (Å²) >= 11 is 5.05. The number of carbonyl (C=O) groups excluding carboxylic acids is 1. The van der Waals surface area contributed by atoms with Gasteiger partial charge in [-0.1, -0.05) is 6.07 Å². The topological polar surface area (TPSA) is 92.7 Å². The average Bonchev–Trinajstić information content (AvgIpc) is 3.13. The van der Waals surface area contributed by atoms with Crippen molar-refractivity contribution in [2.75, 3.05) is 0 Å². The molecule has 3 aromatic rings. The third kappa shape index (κ3) is 3.81. The molecule has 0 atom stereocenters. The second kappa shape index (κ2) is 6.98. The third-order valence-electron chi connectivity index (χ3n) is 3.09. The van der Waals surface area contributed by atoms with Crippen molar-refractivity contribution < 1.29 is 9.21 Å². The first-order valence-electron chi connectivity index (χ1n) is 6.89. The maximum absolute atomic E-state index is 11.6. The van der Waals surface area contributed by atoms with Crippen molar-refractivity contribution in [3.8, 4) is 6.07 Å².